The van der Waals surface area contributed by atoms with Gasteiger partial charge in [0.1, 0.15) is 18.1 Å². The molecule has 5 heteroatoms. The van der Waals surface area contributed by atoms with Gasteiger partial charge in [-0.25, -0.2) is 9.18 Å². The Morgan fingerprint density at radius 2 is 2.15 bits per heavy atom. The Hall–Kier alpha value is -2.30. The van der Waals surface area contributed by atoms with Crippen molar-refractivity contribution in [2.75, 3.05) is 5.73 Å². The first-order chi connectivity index (χ1) is 9.51. The molecular weight excluding hydrogens is 259 g/mol. The van der Waals surface area contributed by atoms with Gasteiger partial charge in [-0.05, 0) is 43.2 Å². The van der Waals surface area contributed by atoms with Crippen LogP contribution in [0.15, 0.2) is 30.5 Å². The van der Waals surface area contributed by atoms with E-state index in [2.05, 4.69) is 0 Å². The van der Waals surface area contributed by atoms with Crippen LogP contribution in [0.3, 0.4) is 0 Å². The highest BCUT2D eigenvalue weighted by molar-refractivity contribution is 5.89. The lowest BCUT2D eigenvalue weighted by molar-refractivity contribution is 0.0459. The third-order valence-corrected chi connectivity index (χ3v) is 3.13. The van der Waals surface area contributed by atoms with Crippen LogP contribution in [0.25, 0.3) is 0 Å². The summed E-state index contributed by atoms with van der Waals surface area (Å²) in [7, 11) is 0. The first-order valence-electron chi connectivity index (χ1n) is 6.39. The van der Waals surface area contributed by atoms with Crippen LogP contribution in [0.1, 0.15) is 28.5 Å². The molecule has 2 rings (SSSR count). The molecule has 0 aliphatic carbocycles. The number of halogens is 1. The van der Waals surface area contributed by atoms with Crippen molar-refractivity contribution in [3.05, 3.63) is 53.1 Å². The number of rotatable bonds is 4. The maximum absolute atomic E-state index is 13.0. The fraction of sp³-hybridized carbons (Fsp3) is 0.267. The van der Waals surface area contributed by atoms with Crippen molar-refractivity contribution in [3.8, 4) is 0 Å². The van der Waals surface area contributed by atoms with Gasteiger partial charge in [0.2, 0.25) is 0 Å². The largest absolute Gasteiger partial charge is 0.456 e. The maximum Gasteiger partial charge on any atom is 0.355 e. The van der Waals surface area contributed by atoms with Gasteiger partial charge in [-0.1, -0.05) is 6.07 Å². The van der Waals surface area contributed by atoms with Crippen LogP contribution in [-0.4, -0.2) is 10.5 Å². The number of nitrogen functional groups attached to an aromatic ring is 1. The van der Waals surface area contributed by atoms with Crippen LogP contribution in [0, 0.1) is 12.7 Å². The zero-order valence-corrected chi connectivity index (χ0v) is 11.5. The molecule has 2 N–H and O–H groups in total. The van der Waals surface area contributed by atoms with Crippen molar-refractivity contribution in [2.24, 2.45) is 0 Å². The second-order valence-corrected chi connectivity index (χ2v) is 4.59. The average Bonchev–Trinajstić information content (AvgIpc) is 2.78. The highest BCUT2D eigenvalue weighted by Gasteiger charge is 2.14. The summed E-state index contributed by atoms with van der Waals surface area (Å²) >= 11 is 0. The third-order valence-electron chi connectivity index (χ3n) is 3.13. The summed E-state index contributed by atoms with van der Waals surface area (Å²) in [5.41, 5.74) is 8.15. The van der Waals surface area contributed by atoms with E-state index in [1.54, 1.807) is 29.8 Å². The molecule has 0 aliphatic heterocycles. The number of anilines is 1. The first kappa shape index (κ1) is 14.1. The monoisotopic (exact) mass is 276 g/mol. The normalized spacial score (nSPS) is 10.6. The van der Waals surface area contributed by atoms with Crippen LogP contribution in [0.2, 0.25) is 0 Å². The number of esters is 1. The molecule has 0 saturated heterocycles. The highest BCUT2D eigenvalue weighted by atomic mass is 19.1. The Morgan fingerprint density at radius 3 is 2.80 bits per heavy atom. The number of nitrogens with zero attached hydrogens (tertiary/aromatic N) is 1. The van der Waals surface area contributed by atoms with Crippen molar-refractivity contribution in [2.45, 2.75) is 27.0 Å². The van der Waals surface area contributed by atoms with Gasteiger partial charge in [-0.15, -0.1) is 0 Å². The second kappa shape index (κ2) is 5.77. The molecule has 0 fully saturated rings. The molecule has 0 bridgehead atoms. The minimum atomic E-state index is -0.438. The van der Waals surface area contributed by atoms with Gasteiger partial charge < -0.3 is 15.0 Å². The van der Waals surface area contributed by atoms with E-state index in [-0.39, 0.29) is 12.4 Å². The minimum Gasteiger partial charge on any atom is -0.456 e. The number of hydrogen-bond acceptors (Lipinski definition) is 3. The molecule has 0 amide bonds. The Bertz CT molecular complexity index is 635. The number of benzene rings is 1. The molecule has 0 aliphatic rings. The smallest absolute Gasteiger partial charge is 0.355 e. The van der Waals surface area contributed by atoms with Gasteiger partial charge in [0, 0.05) is 12.7 Å². The zero-order chi connectivity index (χ0) is 14.7. The average molecular weight is 276 g/mol. The molecule has 0 atom stereocenters. The molecule has 0 unspecified atom stereocenters. The van der Waals surface area contributed by atoms with Crippen molar-refractivity contribution in [1.29, 1.82) is 0 Å². The van der Waals surface area contributed by atoms with Gasteiger partial charge in [-0.2, -0.15) is 0 Å². The summed E-state index contributed by atoms with van der Waals surface area (Å²) in [6.07, 6.45) is 1.69. The molecular formula is C15H17FN2O2. The summed E-state index contributed by atoms with van der Waals surface area (Å²) in [4.78, 5) is 12.0. The second-order valence-electron chi connectivity index (χ2n) is 4.59. The standard InChI is InChI=1S/C15H17FN2O2/c1-3-18-8-13(17)7-14(18)15(19)20-9-11-4-5-12(16)6-10(11)2/h4-8H,3,9,17H2,1-2H3. The lowest BCUT2D eigenvalue weighted by Crippen LogP contribution is -2.11. The zero-order valence-electron chi connectivity index (χ0n) is 11.5. The Balaban J connectivity index is 2.08. The van der Waals surface area contributed by atoms with Crippen molar-refractivity contribution < 1.29 is 13.9 Å². The molecule has 0 saturated carbocycles. The molecule has 1 aromatic carbocycles. The number of carbonyl (C=O) groups excluding carboxylic acids is 1. The van der Waals surface area contributed by atoms with E-state index < -0.39 is 5.97 Å². The van der Waals surface area contributed by atoms with Gasteiger partial charge in [0.25, 0.3) is 0 Å². The van der Waals surface area contributed by atoms with Gasteiger partial charge >= 0.3 is 5.97 Å². The predicted molar refractivity (Wildman–Crippen MR) is 74.8 cm³/mol. The van der Waals surface area contributed by atoms with E-state index in [9.17, 15) is 9.18 Å². The van der Waals surface area contributed by atoms with Crippen molar-refractivity contribution in [3.63, 3.8) is 0 Å². The lowest BCUT2D eigenvalue weighted by atomic mass is 10.1. The molecule has 1 aromatic heterocycles. The number of ether oxygens (including phenoxy) is 1. The highest BCUT2D eigenvalue weighted by Crippen LogP contribution is 2.15. The van der Waals surface area contributed by atoms with Crippen LogP contribution in [0.4, 0.5) is 10.1 Å². The summed E-state index contributed by atoms with van der Waals surface area (Å²) in [6, 6.07) is 5.97. The van der Waals surface area contributed by atoms with Crippen LogP contribution in [-0.2, 0) is 17.9 Å². The van der Waals surface area contributed by atoms with E-state index in [0.29, 0.717) is 17.9 Å². The van der Waals surface area contributed by atoms with Gasteiger partial charge in [-0.3, -0.25) is 0 Å². The third kappa shape index (κ3) is 2.99. The Labute approximate surface area is 117 Å². The van der Waals surface area contributed by atoms with E-state index in [1.165, 1.54) is 12.1 Å². The number of nitrogens with two attached hydrogens (primary N) is 1. The van der Waals surface area contributed by atoms with Gasteiger partial charge in [0.05, 0.1) is 5.69 Å². The van der Waals surface area contributed by atoms with Crippen LogP contribution >= 0.6 is 0 Å². The van der Waals surface area contributed by atoms with Crippen molar-refractivity contribution >= 4 is 11.7 Å². The quantitative estimate of drug-likeness (QED) is 0.873. The number of carbonyl (C=O) groups is 1. The lowest BCUT2D eigenvalue weighted by Gasteiger charge is -2.09. The summed E-state index contributed by atoms with van der Waals surface area (Å²) in [5.74, 6) is -0.738. The predicted octanol–water partition coefficient (Wildman–Crippen LogP) is 2.89. The molecule has 106 valence electrons. The summed E-state index contributed by atoms with van der Waals surface area (Å²) in [5, 5.41) is 0. The number of aromatic nitrogens is 1. The SMILES string of the molecule is CCn1cc(N)cc1C(=O)OCc1ccc(F)cc1C. The van der Waals surface area contributed by atoms with E-state index in [4.69, 9.17) is 10.5 Å². The molecule has 0 radical (unpaired) electrons. The fourth-order valence-electron chi connectivity index (χ4n) is 2.00. The Kier molecular flexibility index (Phi) is 4.08. The van der Waals surface area contributed by atoms with E-state index in [1.807, 2.05) is 6.92 Å². The topological polar surface area (TPSA) is 57.2 Å². The summed E-state index contributed by atoms with van der Waals surface area (Å²) < 4.78 is 20.0. The number of aryl methyl sites for hydroxylation is 2. The van der Waals surface area contributed by atoms with Crippen LogP contribution in [0.5, 0.6) is 0 Å². The summed E-state index contributed by atoms with van der Waals surface area (Å²) in [6.45, 7) is 4.44. The van der Waals surface area contributed by atoms with E-state index >= 15 is 0 Å². The fourth-order valence-corrected chi connectivity index (χ4v) is 2.00. The minimum absolute atomic E-state index is 0.111. The molecule has 0 spiro atoms. The molecule has 1 heterocycles. The van der Waals surface area contributed by atoms with Crippen molar-refractivity contribution in [1.82, 2.24) is 4.57 Å². The molecule has 2 aromatic rings. The molecule has 20 heavy (non-hydrogen) atoms. The number of hydrogen-bond donors (Lipinski definition) is 1. The van der Waals surface area contributed by atoms with E-state index in [0.717, 1.165) is 11.1 Å². The first-order valence-corrected chi connectivity index (χ1v) is 6.39. The van der Waals surface area contributed by atoms with Gasteiger partial charge in [0.15, 0.2) is 0 Å². The molecule has 4 nitrogen and oxygen atoms in total. The maximum atomic E-state index is 13.0. The Morgan fingerprint density at radius 1 is 1.40 bits per heavy atom. The van der Waals surface area contributed by atoms with Crippen LogP contribution < -0.4 is 5.73 Å².